The second-order valence-corrected chi connectivity index (χ2v) is 10.2. The quantitative estimate of drug-likeness (QED) is 0.411. The molecular weight excluding hydrogens is 359 g/mol. The molecule has 0 saturated heterocycles. The summed E-state index contributed by atoms with van der Waals surface area (Å²) < 4.78 is 0. The Labute approximate surface area is 183 Å². The minimum Gasteiger partial charge on any atom is -0.0906 e. The van der Waals surface area contributed by atoms with Crippen LogP contribution < -0.4 is 0 Å². The summed E-state index contributed by atoms with van der Waals surface area (Å²) in [6.45, 7) is 19.9. The maximum atomic E-state index is 4.37. The van der Waals surface area contributed by atoms with Crippen molar-refractivity contribution in [1.29, 1.82) is 0 Å². The smallest absolute Gasteiger partial charge is 0.0906 e. The van der Waals surface area contributed by atoms with Gasteiger partial charge < -0.3 is 0 Å². The van der Waals surface area contributed by atoms with E-state index in [1.54, 1.807) is 0 Å². The highest BCUT2D eigenvalue weighted by molar-refractivity contribution is 6.15. The molecule has 0 bridgehead atoms. The van der Waals surface area contributed by atoms with Gasteiger partial charge in [-0.25, -0.2) is 0 Å². The van der Waals surface area contributed by atoms with Crippen LogP contribution in [0.1, 0.15) is 68.0 Å². The van der Waals surface area contributed by atoms with Crippen LogP contribution in [-0.4, -0.2) is 7.85 Å². The van der Waals surface area contributed by atoms with E-state index in [-0.39, 0.29) is 10.7 Å². The molecule has 0 radical (unpaired) electrons. The van der Waals surface area contributed by atoms with Crippen LogP contribution in [0.15, 0.2) is 86.0 Å². The normalized spacial score (nSPS) is 11.9. The maximum Gasteiger partial charge on any atom is 0.114 e. The fourth-order valence-electron chi connectivity index (χ4n) is 3.57. The molecule has 0 N–H and O–H groups in total. The summed E-state index contributed by atoms with van der Waals surface area (Å²) in [6, 6.07) is 26.1. The van der Waals surface area contributed by atoms with Crippen LogP contribution >= 0.6 is 0 Å². The van der Waals surface area contributed by atoms with Crippen LogP contribution in [0.5, 0.6) is 0 Å². The average Bonchev–Trinajstić information content (AvgIpc) is 2.71. The zero-order valence-corrected chi connectivity index (χ0v) is 19.3. The van der Waals surface area contributed by atoms with Crippen LogP contribution in [0, 0.1) is 0 Å². The zero-order valence-electron chi connectivity index (χ0n) is 19.3. The minimum absolute atomic E-state index is 0.153. The van der Waals surface area contributed by atoms with E-state index in [0.717, 1.165) is 33.4 Å². The topological polar surface area (TPSA) is 0 Å². The lowest BCUT2D eigenvalue weighted by Crippen LogP contribution is -2.16. The first-order chi connectivity index (χ1) is 14.0. The molecule has 0 fully saturated rings. The highest BCUT2D eigenvalue weighted by atomic mass is 14.2. The van der Waals surface area contributed by atoms with Crippen LogP contribution in [0.25, 0.3) is 11.1 Å². The Morgan fingerprint density at radius 2 is 1.00 bits per heavy atom. The molecule has 0 amide bonds. The third-order valence-corrected chi connectivity index (χ3v) is 5.76. The molecule has 0 aliphatic heterocycles. The van der Waals surface area contributed by atoms with Crippen molar-refractivity contribution >= 4 is 19.0 Å². The minimum atomic E-state index is 0.153. The molecule has 0 spiro atoms. The molecule has 0 atom stereocenters. The lowest BCUT2D eigenvalue weighted by atomic mass is 9.67. The summed E-state index contributed by atoms with van der Waals surface area (Å²) >= 11 is 0. The number of rotatable bonds is 5. The van der Waals surface area contributed by atoms with E-state index in [4.69, 9.17) is 0 Å². The van der Waals surface area contributed by atoms with Gasteiger partial charge in [0.25, 0.3) is 0 Å². The molecular formula is C29H33B. The molecule has 0 nitrogen and oxygen atoms in total. The predicted octanol–water partition coefficient (Wildman–Crippen LogP) is 6.98. The van der Waals surface area contributed by atoms with Gasteiger partial charge in [-0.3, -0.25) is 0 Å². The first-order valence-corrected chi connectivity index (χ1v) is 10.7. The van der Waals surface area contributed by atoms with Gasteiger partial charge in [-0.05, 0) is 55.8 Å². The van der Waals surface area contributed by atoms with Crippen LogP contribution in [0.3, 0.4) is 0 Å². The average molecular weight is 392 g/mol. The summed E-state index contributed by atoms with van der Waals surface area (Å²) in [6.07, 6.45) is 0. The zero-order chi connectivity index (χ0) is 22.1. The molecule has 0 saturated carbocycles. The van der Waals surface area contributed by atoms with Crippen molar-refractivity contribution < 1.29 is 0 Å². The Bertz CT molecular complexity index is 968. The molecule has 0 heterocycles. The van der Waals surface area contributed by atoms with E-state index in [1.807, 2.05) is 0 Å². The van der Waals surface area contributed by atoms with E-state index in [1.165, 1.54) is 11.1 Å². The SMILES string of the molecule is BC(C)(C)c1ccc(C(=C)c2cccc(C(=C)c3ccc(C(C)(C)C)cc3)c2)cc1. The van der Waals surface area contributed by atoms with Crippen molar-refractivity contribution in [2.24, 2.45) is 0 Å². The Hall–Kier alpha value is -2.80. The summed E-state index contributed by atoms with van der Waals surface area (Å²) in [4.78, 5) is 0. The molecule has 0 aliphatic rings. The molecule has 152 valence electrons. The summed E-state index contributed by atoms with van der Waals surface area (Å²) in [5, 5.41) is 0.153. The fourth-order valence-corrected chi connectivity index (χ4v) is 3.57. The number of hydrogen-bond acceptors (Lipinski definition) is 0. The molecule has 3 aromatic carbocycles. The molecule has 1 heteroatoms. The van der Waals surface area contributed by atoms with Crippen molar-refractivity contribution in [3.05, 3.63) is 119 Å². The third kappa shape index (κ3) is 4.85. The standard InChI is InChI=1S/C29H33B/c1-20(22-11-15-26(16-12-22)28(3,4)5)24-9-8-10-25(19-24)21(2)23-13-17-27(18-14-23)29(6,7)30/h8-19H,1-2,30H2,3-7H3. The van der Waals surface area contributed by atoms with Crippen LogP contribution in [-0.2, 0) is 10.7 Å². The van der Waals surface area contributed by atoms with Gasteiger partial charge in [-0.1, -0.05) is 120 Å². The highest BCUT2D eigenvalue weighted by Crippen LogP contribution is 2.30. The molecule has 3 rings (SSSR count). The largest absolute Gasteiger partial charge is 0.114 e. The molecule has 3 aromatic rings. The lowest BCUT2D eigenvalue weighted by molar-refractivity contribution is 0.590. The van der Waals surface area contributed by atoms with Gasteiger partial charge in [0, 0.05) is 0 Å². The summed E-state index contributed by atoms with van der Waals surface area (Å²) in [5.74, 6) is 0. The van der Waals surface area contributed by atoms with Crippen molar-refractivity contribution in [2.45, 2.75) is 45.3 Å². The Kier molecular flexibility index (Phi) is 5.95. The highest BCUT2D eigenvalue weighted by Gasteiger charge is 2.15. The van der Waals surface area contributed by atoms with Gasteiger partial charge in [-0.2, -0.15) is 0 Å². The van der Waals surface area contributed by atoms with Crippen molar-refractivity contribution in [3.8, 4) is 0 Å². The number of hydrogen-bond donors (Lipinski definition) is 0. The second-order valence-electron chi connectivity index (χ2n) is 10.2. The Morgan fingerprint density at radius 1 is 0.600 bits per heavy atom. The van der Waals surface area contributed by atoms with E-state index in [2.05, 4.69) is 128 Å². The van der Waals surface area contributed by atoms with Gasteiger partial charge in [0.15, 0.2) is 0 Å². The monoisotopic (exact) mass is 392 g/mol. The van der Waals surface area contributed by atoms with Crippen LogP contribution in [0.2, 0.25) is 0 Å². The molecule has 0 unspecified atom stereocenters. The van der Waals surface area contributed by atoms with Crippen LogP contribution in [0.4, 0.5) is 0 Å². The predicted molar refractivity (Wildman–Crippen MR) is 136 cm³/mol. The van der Waals surface area contributed by atoms with E-state index in [9.17, 15) is 0 Å². The van der Waals surface area contributed by atoms with Crippen molar-refractivity contribution in [1.82, 2.24) is 0 Å². The summed E-state index contributed by atoms with van der Waals surface area (Å²) in [5.41, 5.74) is 9.45. The summed E-state index contributed by atoms with van der Waals surface area (Å²) in [7, 11) is 2.24. The van der Waals surface area contributed by atoms with Gasteiger partial charge in [0.2, 0.25) is 0 Å². The van der Waals surface area contributed by atoms with Gasteiger partial charge in [-0.15, -0.1) is 0 Å². The van der Waals surface area contributed by atoms with Gasteiger partial charge in [0.05, 0.1) is 0 Å². The lowest BCUT2D eigenvalue weighted by Gasteiger charge is -2.20. The van der Waals surface area contributed by atoms with Gasteiger partial charge >= 0.3 is 0 Å². The third-order valence-electron chi connectivity index (χ3n) is 5.76. The maximum absolute atomic E-state index is 4.37. The second kappa shape index (κ2) is 8.15. The number of benzene rings is 3. The molecule has 0 aliphatic carbocycles. The fraction of sp³-hybridized carbons (Fsp3) is 0.241. The molecule has 0 aromatic heterocycles. The van der Waals surface area contributed by atoms with Crippen molar-refractivity contribution in [3.63, 3.8) is 0 Å². The van der Waals surface area contributed by atoms with Crippen molar-refractivity contribution in [2.75, 3.05) is 0 Å². The van der Waals surface area contributed by atoms with E-state index < -0.39 is 0 Å². The Morgan fingerprint density at radius 3 is 1.37 bits per heavy atom. The Balaban J connectivity index is 1.85. The van der Waals surface area contributed by atoms with Gasteiger partial charge in [0.1, 0.15) is 7.85 Å². The first kappa shape index (κ1) is 21.9. The first-order valence-electron chi connectivity index (χ1n) is 10.7. The van der Waals surface area contributed by atoms with E-state index >= 15 is 0 Å². The van der Waals surface area contributed by atoms with E-state index in [0.29, 0.717) is 0 Å². The molecule has 30 heavy (non-hydrogen) atoms.